The molecule has 0 aromatic carbocycles. The van der Waals surface area contributed by atoms with Gasteiger partial charge in [-0.2, -0.15) is 0 Å². The van der Waals surface area contributed by atoms with Crippen LogP contribution in [0.15, 0.2) is 0 Å². The Kier molecular flexibility index (Phi) is 29.2. The van der Waals surface area contributed by atoms with Gasteiger partial charge in [-0.15, -0.1) is 0 Å². The van der Waals surface area contributed by atoms with Crippen LogP contribution in [0.2, 0.25) is 0 Å². The summed E-state index contributed by atoms with van der Waals surface area (Å²) in [6.07, 6.45) is 14.3. The quantitative estimate of drug-likeness (QED) is 0.0277. The molecule has 1 saturated heterocycles. The van der Waals surface area contributed by atoms with Crippen LogP contribution < -0.4 is 5.32 Å². The van der Waals surface area contributed by atoms with Crippen molar-refractivity contribution in [2.24, 2.45) is 11.8 Å². The highest BCUT2D eigenvalue weighted by atomic mass is 31.2. The number of nitrogens with one attached hydrogen (secondary N) is 1. The molecule has 67 heavy (non-hydrogen) atoms. The Bertz CT molecular complexity index is 1540. The van der Waals surface area contributed by atoms with Gasteiger partial charge in [0.25, 0.3) is 0 Å². The summed E-state index contributed by atoms with van der Waals surface area (Å²) < 4.78 is 34.0. The van der Waals surface area contributed by atoms with Gasteiger partial charge in [0.05, 0.1) is 44.9 Å². The van der Waals surface area contributed by atoms with E-state index in [1.54, 1.807) is 9.80 Å². The summed E-state index contributed by atoms with van der Waals surface area (Å²) in [5.41, 5.74) is -1.31. The summed E-state index contributed by atoms with van der Waals surface area (Å²) in [4.78, 5) is 101. The third-order valence-electron chi connectivity index (χ3n) is 12.4. The third-order valence-corrected chi connectivity index (χ3v) is 13.3. The predicted molar refractivity (Wildman–Crippen MR) is 244 cm³/mol. The van der Waals surface area contributed by atoms with Crippen LogP contribution in [0.5, 0.6) is 0 Å². The van der Waals surface area contributed by atoms with Crippen LogP contribution in [0.25, 0.3) is 0 Å². The number of amides is 1. The highest BCUT2D eigenvalue weighted by molar-refractivity contribution is 7.47. The van der Waals surface area contributed by atoms with Crippen molar-refractivity contribution in [1.29, 1.82) is 0 Å². The fourth-order valence-corrected chi connectivity index (χ4v) is 9.74. The number of ether oxygens (including phenoxy) is 2. The molecule has 2 fully saturated rings. The number of rotatable bonds is 37. The van der Waals surface area contributed by atoms with E-state index in [4.69, 9.17) is 18.5 Å². The number of unbranched alkanes of at least 4 members (excludes halogenated alkanes) is 12. The molecule has 2 atom stereocenters. The van der Waals surface area contributed by atoms with Gasteiger partial charge < -0.3 is 40.1 Å². The predicted octanol–water partition coefficient (Wildman–Crippen LogP) is 4.78. The number of esters is 2. The molecule has 22 heteroatoms. The number of nitrogens with zero attached hydrogens (tertiary/aromatic N) is 3. The largest absolute Gasteiger partial charge is 0.480 e. The highest BCUT2D eigenvalue weighted by Gasteiger charge is 2.50. The molecule has 0 radical (unpaired) electrons. The molecule has 2 unspecified atom stereocenters. The van der Waals surface area contributed by atoms with E-state index < -0.39 is 112 Å². The maximum Gasteiger partial charge on any atom is 0.472 e. The normalized spacial score (nSPS) is 19.2. The molecule has 2 rings (SSSR count). The van der Waals surface area contributed by atoms with Crippen LogP contribution in [0.1, 0.15) is 142 Å². The molecule has 386 valence electrons. The average Bonchev–Trinajstić information content (AvgIpc) is 3.43. The molecule has 6 N–H and O–H groups in total. The molecule has 21 nitrogen and oxygen atoms in total. The summed E-state index contributed by atoms with van der Waals surface area (Å²) in [7, 11) is -4.75. The van der Waals surface area contributed by atoms with Crippen LogP contribution in [0, 0.1) is 11.8 Å². The van der Waals surface area contributed by atoms with Gasteiger partial charge in [0.2, 0.25) is 5.91 Å². The van der Waals surface area contributed by atoms with E-state index in [0.717, 1.165) is 70.6 Å². The fraction of sp³-hybridized carbons (Fsp3) is 0.844. The topological polar surface area (TPSA) is 296 Å². The van der Waals surface area contributed by atoms with E-state index >= 15 is 0 Å². The van der Waals surface area contributed by atoms with Crippen molar-refractivity contribution in [3.8, 4) is 0 Å². The van der Waals surface area contributed by atoms with E-state index in [9.17, 15) is 63.4 Å². The molecule has 1 aliphatic heterocycles. The van der Waals surface area contributed by atoms with Crippen molar-refractivity contribution < 1.29 is 82.0 Å². The smallest absolute Gasteiger partial charge is 0.472 e. The van der Waals surface area contributed by atoms with E-state index in [0.29, 0.717) is 25.7 Å². The van der Waals surface area contributed by atoms with Gasteiger partial charge >= 0.3 is 43.6 Å². The zero-order valence-corrected chi connectivity index (χ0v) is 40.7. The second-order valence-electron chi connectivity index (χ2n) is 17.9. The zero-order chi connectivity index (χ0) is 49.7. The van der Waals surface area contributed by atoms with Gasteiger partial charge in [-0.1, -0.05) is 90.9 Å². The minimum absolute atomic E-state index is 0.0506. The van der Waals surface area contributed by atoms with Crippen molar-refractivity contribution in [1.82, 2.24) is 20.0 Å². The molecule has 2 aliphatic rings. The zero-order valence-electron chi connectivity index (χ0n) is 39.8. The van der Waals surface area contributed by atoms with Gasteiger partial charge in [0, 0.05) is 51.5 Å². The number of carbonyl (C=O) groups excluding carboxylic acids is 3. The first-order valence-electron chi connectivity index (χ1n) is 24.2. The van der Waals surface area contributed by atoms with E-state index in [1.807, 2.05) is 0 Å². The molecular formula is C45H79N4O17P. The van der Waals surface area contributed by atoms with Crippen molar-refractivity contribution in [3.05, 3.63) is 0 Å². The van der Waals surface area contributed by atoms with Gasteiger partial charge in [0.15, 0.2) is 6.10 Å². The third kappa shape index (κ3) is 25.5. The molecule has 0 bridgehead atoms. The average molecular weight is 979 g/mol. The van der Waals surface area contributed by atoms with Crippen LogP contribution in [-0.2, 0) is 56.6 Å². The minimum atomic E-state index is -4.75. The summed E-state index contributed by atoms with van der Waals surface area (Å²) >= 11 is 0. The number of aliphatic carboxylic acids is 4. The lowest BCUT2D eigenvalue weighted by molar-refractivity contribution is -0.161. The second kappa shape index (κ2) is 32.9. The van der Waals surface area contributed by atoms with E-state index in [1.165, 1.54) is 11.3 Å². The first kappa shape index (κ1) is 59.4. The van der Waals surface area contributed by atoms with E-state index in [2.05, 4.69) is 19.2 Å². The van der Waals surface area contributed by atoms with E-state index in [-0.39, 0.29) is 65.0 Å². The number of carboxylic acids is 4. The molecule has 0 spiro atoms. The van der Waals surface area contributed by atoms with Gasteiger partial charge in [-0.25, -0.2) is 4.57 Å². The standard InChI is InChI=1S/C45H79N4O17P/c1-3-5-7-9-11-13-15-17-42(58)63-31-37(66-43(59)18-16-14-12-10-8-6-4-2)32-65-67(61,62)64-26-23-46-44(60)35-19-21-36(22-20-35)45(49(29-40(54)55)30-41(56)57)33-47(27-38(50)51)24-25-48(34-45)28-39(52)53/h35-37H,3-34H2,1-2H3,(H,46,60)(H,50,51)(H,52,53)(H,54,55)(H,56,57)(H,61,62). The monoisotopic (exact) mass is 979 g/mol. The minimum Gasteiger partial charge on any atom is -0.480 e. The van der Waals surface area contributed by atoms with Crippen LogP contribution in [0.3, 0.4) is 0 Å². The first-order chi connectivity index (χ1) is 31.9. The lowest BCUT2D eigenvalue weighted by atomic mass is 9.69. The maximum atomic E-state index is 13.3. The van der Waals surface area contributed by atoms with Crippen LogP contribution in [0.4, 0.5) is 0 Å². The number of phosphoric acid groups is 1. The lowest BCUT2D eigenvalue weighted by Gasteiger charge is -2.51. The summed E-state index contributed by atoms with van der Waals surface area (Å²) in [5.74, 6) is -7.42. The summed E-state index contributed by atoms with van der Waals surface area (Å²) in [6, 6.07) is 0. The fourth-order valence-electron chi connectivity index (χ4n) is 8.99. The Hall–Kier alpha value is -3.72. The molecule has 1 aliphatic carbocycles. The van der Waals surface area contributed by atoms with Crippen molar-refractivity contribution in [2.75, 3.05) is 78.7 Å². The highest BCUT2D eigenvalue weighted by Crippen LogP contribution is 2.43. The molecular weight excluding hydrogens is 899 g/mol. The SMILES string of the molecule is CCCCCCCCCC(=O)OCC(COP(=O)(O)OCCNC(=O)C1CCC(C2(N(CC(=O)O)CC(=O)O)CN(CC(=O)O)CCN(CC(=O)O)C2)CC1)OC(=O)CCCCCCCCC. The van der Waals surface area contributed by atoms with Gasteiger partial charge in [0.1, 0.15) is 6.61 Å². The molecule has 1 amide bonds. The number of carbonyl (C=O) groups is 7. The molecule has 0 aromatic heterocycles. The molecule has 1 heterocycles. The van der Waals surface area contributed by atoms with Gasteiger partial charge in [-0.3, -0.25) is 57.3 Å². The van der Waals surface area contributed by atoms with Crippen molar-refractivity contribution in [2.45, 2.75) is 154 Å². The molecule has 1 saturated carbocycles. The number of phosphoric ester groups is 1. The number of carboxylic acid groups (broad SMARTS) is 4. The first-order valence-corrected chi connectivity index (χ1v) is 25.7. The van der Waals surface area contributed by atoms with Crippen molar-refractivity contribution >= 4 is 49.5 Å². The van der Waals surface area contributed by atoms with Crippen molar-refractivity contribution in [3.63, 3.8) is 0 Å². The van der Waals surface area contributed by atoms with Crippen LogP contribution in [-0.4, -0.2) is 172 Å². The Labute approximate surface area is 395 Å². The summed E-state index contributed by atoms with van der Waals surface area (Å²) in [6.45, 7) is 0.567. The maximum absolute atomic E-state index is 13.3. The molecule has 0 aromatic rings. The Morgan fingerprint density at radius 1 is 0.657 bits per heavy atom. The van der Waals surface area contributed by atoms with Gasteiger partial charge in [-0.05, 0) is 44.4 Å². The number of hydrogen-bond donors (Lipinski definition) is 6. The lowest BCUT2D eigenvalue weighted by Crippen LogP contribution is -2.66. The Morgan fingerprint density at radius 2 is 1.13 bits per heavy atom. The van der Waals surface area contributed by atoms with Crippen LogP contribution >= 0.6 is 7.82 Å². The Morgan fingerprint density at radius 3 is 1.61 bits per heavy atom. The summed E-state index contributed by atoms with van der Waals surface area (Å²) in [5, 5.41) is 41.7. The number of hydrogen-bond acceptors (Lipinski definition) is 15. The Balaban J connectivity index is 2.00. The second-order valence-corrected chi connectivity index (χ2v) is 19.4.